The molecule has 0 radical (unpaired) electrons. The Balaban J connectivity index is 4.84. The quantitative estimate of drug-likeness (QED) is 0.348. The molecule has 1 heteroatoms. The lowest BCUT2D eigenvalue weighted by Crippen LogP contribution is -1.94. The molecule has 0 atom stereocenters. The molecule has 0 aliphatic carbocycles. The Hall–Kier alpha value is -1.11. The van der Waals surface area contributed by atoms with Gasteiger partial charge in [0.15, 0.2) is 0 Å². The van der Waals surface area contributed by atoms with E-state index in [1.165, 1.54) is 16.7 Å². The molecule has 0 amide bonds. The van der Waals surface area contributed by atoms with Crippen LogP contribution in [0.3, 0.4) is 0 Å². The zero-order valence-corrected chi connectivity index (χ0v) is 10.6. The van der Waals surface area contributed by atoms with Gasteiger partial charge in [0.1, 0.15) is 0 Å². The second kappa shape index (κ2) is 7.22. The fraction of sp³-hybridized carbons (Fsp3) is 0.500. The molecule has 0 N–H and O–H groups in total. The van der Waals surface area contributed by atoms with Crippen LogP contribution < -0.4 is 0 Å². The van der Waals surface area contributed by atoms with Crippen molar-refractivity contribution in [3.63, 3.8) is 0 Å². The van der Waals surface area contributed by atoms with Crippen LogP contribution in [0.1, 0.15) is 40.5 Å². The van der Waals surface area contributed by atoms with Crippen LogP contribution in [0, 0.1) is 0 Å². The Labute approximate surface area is 94.3 Å². The van der Waals surface area contributed by atoms with Gasteiger partial charge in [-0.1, -0.05) is 31.2 Å². The minimum absolute atomic E-state index is 0.818. The average Bonchev–Trinajstić information content (AvgIpc) is 2.17. The van der Waals surface area contributed by atoms with Crippen LogP contribution in [0.25, 0.3) is 0 Å². The fourth-order valence-corrected chi connectivity index (χ4v) is 1.36. The van der Waals surface area contributed by atoms with E-state index in [0.717, 1.165) is 25.0 Å². The number of allylic oxidation sites excluding steroid dienone is 4. The van der Waals surface area contributed by atoms with Gasteiger partial charge in [-0.15, -0.1) is 0 Å². The third-order valence-corrected chi connectivity index (χ3v) is 2.34. The summed E-state index contributed by atoms with van der Waals surface area (Å²) in [6.45, 7) is 17.2. The Kier molecular flexibility index (Phi) is 6.68. The van der Waals surface area contributed by atoms with E-state index in [0.29, 0.717) is 0 Å². The van der Waals surface area contributed by atoms with Crippen molar-refractivity contribution in [1.29, 1.82) is 0 Å². The summed E-state index contributed by atoms with van der Waals surface area (Å²) < 4.78 is 0. The lowest BCUT2D eigenvalue weighted by atomic mass is 9.98. The Bertz CT molecular complexity index is 292. The first-order valence-corrected chi connectivity index (χ1v) is 5.55. The standard InChI is InChI=1S/C14H23N/c1-7-12(5)9-13(6)14(11(3)4)10-15-8-2/h10H,3,5,7-9H2,1-2,4,6H3/b14-13+,15-10-. The third kappa shape index (κ3) is 5.36. The van der Waals surface area contributed by atoms with Crippen molar-refractivity contribution in [3.05, 3.63) is 35.5 Å². The van der Waals surface area contributed by atoms with Gasteiger partial charge in [-0.25, -0.2) is 0 Å². The van der Waals surface area contributed by atoms with Crippen LogP contribution in [0.4, 0.5) is 0 Å². The van der Waals surface area contributed by atoms with Crippen molar-refractivity contribution in [2.75, 3.05) is 6.54 Å². The van der Waals surface area contributed by atoms with E-state index in [1.54, 1.807) is 0 Å². The van der Waals surface area contributed by atoms with Crippen molar-refractivity contribution >= 4 is 6.21 Å². The normalized spacial score (nSPS) is 12.8. The number of hydrogen-bond donors (Lipinski definition) is 0. The molecule has 1 nitrogen and oxygen atoms in total. The van der Waals surface area contributed by atoms with Gasteiger partial charge in [-0.05, 0) is 44.8 Å². The summed E-state index contributed by atoms with van der Waals surface area (Å²) in [5, 5.41) is 0. The maximum atomic E-state index is 4.27. The number of nitrogens with zero attached hydrogens (tertiary/aromatic N) is 1. The summed E-state index contributed by atoms with van der Waals surface area (Å²) >= 11 is 0. The highest BCUT2D eigenvalue weighted by atomic mass is 14.7. The van der Waals surface area contributed by atoms with Crippen molar-refractivity contribution < 1.29 is 0 Å². The molecule has 84 valence electrons. The van der Waals surface area contributed by atoms with Crippen molar-refractivity contribution in [2.45, 2.75) is 40.5 Å². The Morgan fingerprint density at radius 3 is 2.20 bits per heavy atom. The molecular weight excluding hydrogens is 182 g/mol. The van der Waals surface area contributed by atoms with E-state index in [-0.39, 0.29) is 0 Å². The second-order valence-electron chi connectivity index (χ2n) is 3.88. The SMILES string of the molecule is C=C(CC)C/C(C)=C(\C=N/CC)C(=C)C. The van der Waals surface area contributed by atoms with E-state index >= 15 is 0 Å². The molecule has 15 heavy (non-hydrogen) atoms. The summed E-state index contributed by atoms with van der Waals surface area (Å²) in [5.74, 6) is 0. The summed E-state index contributed by atoms with van der Waals surface area (Å²) in [7, 11) is 0. The van der Waals surface area contributed by atoms with Gasteiger partial charge in [0.25, 0.3) is 0 Å². The van der Waals surface area contributed by atoms with E-state index in [2.05, 4.69) is 32.0 Å². The molecule has 0 aliphatic heterocycles. The monoisotopic (exact) mass is 205 g/mol. The highest BCUT2D eigenvalue weighted by molar-refractivity contribution is 5.85. The fourth-order valence-electron chi connectivity index (χ4n) is 1.36. The van der Waals surface area contributed by atoms with Gasteiger partial charge >= 0.3 is 0 Å². The molecule has 0 saturated heterocycles. The van der Waals surface area contributed by atoms with E-state index in [4.69, 9.17) is 0 Å². The molecule has 0 spiro atoms. The van der Waals surface area contributed by atoms with Gasteiger partial charge in [0.2, 0.25) is 0 Å². The molecular formula is C14H23N. The molecule has 0 rings (SSSR count). The van der Waals surface area contributed by atoms with Gasteiger partial charge < -0.3 is 0 Å². The highest BCUT2D eigenvalue weighted by Gasteiger charge is 2.02. The first-order chi connectivity index (χ1) is 7.02. The lowest BCUT2D eigenvalue weighted by Gasteiger charge is -2.09. The topological polar surface area (TPSA) is 12.4 Å². The molecule has 0 fully saturated rings. The maximum absolute atomic E-state index is 4.27. The lowest BCUT2D eigenvalue weighted by molar-refractivity contribution is 0.991. The first kappa shape index (κ1) is 13.9. The van der Waals surface area contributed by atoms with Crippen LogP contribution in [-0.4, -0.2) is 12.8 Å². The zero-order chi connectivity index (χ0) is 11.8. The third-order valence-electron chi connectivity index (χ3n) is 2.34. The van der Waals surface area contributed by atoms with Gasteiger partial charge in [0.05, 0.1) is 0 Å². The van der Waals surface area contributed by atoms with Crippen molar-refractivity contribution in [2.24, 2.45) is 4.99 Å². The van der Waals surface area contributed by atoms with Crippen LogP contribution in [0.5, 0.6) is 0 Å². The largest absolute Gasteiger partial charge is 0.293 e. The number of rotatable bonds is 6. The van der Waals surface area contributed by atoms with Crippen LogP contribution in [0.2, 0.25) is 0 Å². The van der Waals surface area contributed by atoms with E-state index in [1.807, 2.05) is 20.1 Å². The zero-order valence-electron chi connectivity index (χ0n) is 10.6. The van der Waals surface area contributed by atoms with Gasteiger partial charge in [-0.3, -0.25) is 4.99 Å². The summed E-state index contributed by atoms with van der Waals surface area (Å²) in [4.78, 5) is 4.27. The Morgan fingerprint density at radius 1 is 1.20 bits per heavy atom. The Morgan fingerprint density at radius 2 is 1.80 bits per heavy atom. The maximum Gasteiger partial charge on any atom is 0.0361 e. The smallest absolute Gasteiger partial charge is 0.0361 e. The molecule has 0 bridgehead atoms. The molecule has 0 saturated carbocycles. The molecule has 0 aromatic carbocycles. The predicted molar refractivity (Wildman–Crippen MR) is 70.6 cm³/mol. The minimum Gasteiger partial charge on any atom is -0.293 e. The van der Waals surface area contributed by atoms with E-state index in [9.17, 15) is 0 Å². The van der Waals surface area contributed by atoms with Gasteiger partial charge in [0, 0.05) is 12.8 Å². The van der Waals surface area contributed by atoms with Crippen LogP contribution in [-0.2, 0) is 0 Å². The number of hydrogen-bond acceptors (Lipinski definition) is 1. The summed E-state index contributed by atoms with van der Waals surface area (Å²) in [6, 6.07) is 0. The van der Waals surface area contributed by atoms with Crippen molar-refractivity contribution in [3.8, 4) is 0 Å². The molecule has 0 unspecified atom stereocenters. The summed E-state index contributed by atoms with van der Waals surface area (Å²) in [5.41, 5.74) is 4.82. The molecule has 0 aromatic heterocycles. The van der Waals surface area contributed by atoms with Crippen molar-refractivity contribution in [1.82, 2.24) is 0 Å². The summed E-state index contributed by atoms with van der Waals surface area (Å²) in [6.07, 6.45) is 3.92. The minimum atomic E-state index is 0.818. The molecule has 0 heterocycles. The van der Waals surface area contributed by atoms with Gasteiger partial charge in [-0.2, -0.15) is 0 Å². The van der Waals surface area contributed by atoms with E-state index < -0.39 is 0 Å². The predicted octanol–water partition coefficient (Wildman–Crippen LogP) is 4.33. The average molecular weight is 205 g/mol. The highest BCUT2D eigenvalue weighted by Crippen LogP contribution is 2.18. The molecule has 0 aromatic rings. The first-order valence-electron chi connectivity index (χ1n) is 5.55. The van der Waals surface area contributed by atoms with Crippen LogP contribution >= 0.6 is 0 Å². The number of aliphatic imine (C=N–C) groups is 1. The van der Waals surface area contributed by atoms with Crippen LogP contribution in [0.15, 0.2) is 40.4 Å². The second-order valence-corrected chi connectivity index (χ2v) is 3.88. The molecule has 0 aliphatic rings.